The SMILES string of the molecule is Clc1cc(NC2CCOCC2)c2[nH]c(C3CCNCC3)cc2c1. The van der Waals surface area contributed by atoms with Crippen LogP contribution in [0.15, 0.2) is 18.2 Å². The second kappa shape index (κ2) is 6.71. The highest BCUT2D eigenvalue weighted by Gasteiger charge is 2.20. The quantitative estimate of drug-likeness (QED) is 0.799. The van der Waals surface area contributed by atoms with E-state index in [0.29, 0.717) is 12.0 Å². The Morgan fingerprint density at radius 2 is 1.83 bits per heavy atom. The number of benzene rings is 1. The van der Waals surface area contributed by atoms with E-state index in [1.54, 1.807) is 0 Å². The molecular weight excluding hydrogens is 310 g/mol. The summed E-state index contributed by atoms with van der Waals surface area (Å²) in [5, 5.41) is 9.11. The number of nitrogens with one attached hydrogen (secondary N) is 3. The molecule has 124 valence electrons. The summed E-state index contributed by atoms with van der Waals surface area (Å²) in [7, 11) is 0. The predicted octanol–water partition coefficient (Wildman–Crippen LogP) is 3.88. The van der Waals surface area contributed by atoms with Gasteiger partial charge in [0, 0.05) is 41.3 Å². The van der Waals surface area contributed by atoms with E-state index in [4.69, 9.17) is 16.3 Å². The zero-order chi connectivity index (χ0) is 15.6. The Balaban J connectivity index is 1.64. The largest absolute Gasteiger partial charge is 0.381 e. The maximum Gasteiger partial charge on any atom is 0.0693 e. The van der Waals surface area contributed by atoms with Gasteiger partial charge in [0.1, 0.15) is 0 Å². The average Bonchev–Trinajstić information content (AvgIpc) is 3.01. The van der Waals surface area contributed by atoms with Crippen molar-refractivity contribution < 1.29 is 4.74 Å². The van der Waals surface area contributed by atoms with Crippen LogP contribution in [-0.4, -0.2) is 37.3 Å². The zero-order valence-electron chi connectivity index (χ0n) is 13.3. The molecule has 0 radical (unpaired) electrons. The molecule has 0 amide bonds. The number of aromatic nitrogens is 1. The fourth-order valence-corrected chi connectivity index (χ4v) is 3.98. The number of piperidine rings is 1. The van der Waals surface area contributed by atoms with Crippen LogP contribution in [0.25, 0.3) is 10.9 Å². The molecule has 4 rings (SSSR count). The van der Waals surface area contributed by atoms with Crippen LogP contribution >= 0.6 is 11.6 Å². The molecule has 2 saturated heterocycles. The first-order chi connectivity index (χ1) is 11.3. The number of ether oxygens (including phenoxy) is 1. The molecule has 0 aliphatic carbocycles. The van der Waals surface area contributed by atoms with E-state index >= 15 is 0 Å². The van der Waals surface area contributed by atoms with Crippen LogP contribution in [0.4, 0.5) is 5.69 Å². The van der Waals surface area contributed by atoms with Gasteiger partial charge in [-0.3, -0.25) is 0 Å². The molecule has 2 aliphatic heterocycles. The molecule has 0 atom stereocenters. The predicted molar refractivity (Wildman–Crippen MR) is 95.6 cm³/mol. The fourth-order valence-electron chi connectivity index (χ4n) is 3.76. The number of anilines is 1. The van der Waals surface area contributed by atoms with E-state index in [9.17, 15) is 0 Å². The summed E-state index contributed by atoms with van der Waals surface area (Å²) in [6, 6.07) is 6.86. The molecule has 3 heterocycles. The van der Waals surface area contributed by atoms with Gasteiger partial charge in [0.05, 0.1) is 11.2 Å². The summed E-state index contributed by atoms with van der Waals surface area (Å²) in [4.78, 5) is 3.67. The highest BCUT2D eigenvalue weighted by atomic mass is 35.5. The molecule has 1 aromatic heterocycles. The lowest BCUT2D eigenvalue weighted by molar-refractivity contribution is 0.0905. The van der Waals surface area contributed by atoms with Gasteiger partial charge in [-0.1, -0.05) is 11.6 Å². The third-order valence-electron chi connectivity index (χ3n) is 5.07. The highest BCUT2D eigenvalue weighted by Crippen LogP contribution is 2.33. The molecule has 2 aliphatic rings. The Bertz CT molecular complexity index is 672. The van der Waals surface area contributed by atoms with Crippen LogP contribution in [0.3, 0.4) is 0 Å². The molecule has 4 nitrogen and oxygen atoms in total. The molecule has 23 heavy (non-hydrogen) atoms. The van der Waals surface area contributed by atoms with Gasteiger partial charge >= 0.3 is 0 Å². The van der Waals surface area contributed by atoms with E-state index in [-0.39, 0.29) is 0 Å². The number of hydrogen-bond acceptors (Lipinski definition) is 3. The van der Waals surface area contributed by atoms with Crippen LogP contribution in [0, 0.1) is 0 Å². The van der Waals surface area contributed by atoms with Crippen molar-refractivity contribution in [3.63, 3.8) is 0 Å². The van der Waals surface area contributed by atoms with Crippen molar-refractivity contribution in [2.45, 2.75) is 37.6 Å². The first kappa shape index (κ1) is 15.3. The van der Waals surface area contributed by atoms with Gasteiger partial charge in [0.15, 0.2) is 0 Å². The lowest BCUT2D eigenvalue weighted by Gasteiger charge is -2.24. The van der Waals surface area contributed by atoms with E-state index in [2.05, 4.69) is 27.8 Å². The molecule has 5 heteroatoms. The summed E-state index contributed by atoms with van der Waals surface area (Å²) in [5.74, 6) is 0.623. The van der Waals surface area contributed by atoms with E-state index < -0.39 is 0 Å². The van der Waals surface area contributed by atoms with E-state index in [1.165, 1.54) is 29.4 Å². The molecule has 2 fully saturated rings. The minimum absolute atomic E-state index is 0.469. The van der Waals surface area contributed by atoms with Crippen molar-refractivity contribution in [3.8, 4) is 0 Å². The maximum absolute atomic E-state index is 6.35. The van der Waals surface area contributed by atoms with E-state index in [0.717, 1.165) is 49.9 Å². The van der Waals surface area contributed by atoms with Gasteiger partial charge in [-0.05, 0) is 57.0 Å². The van der Waals surface area contributed by atoms with Crippen LogP contribution < -0.4 is 10.6 Å². The smallest absolute Gasteiger partial charge is 0.0693 e. The minimum Gasteiger partial charge on any atom is -0.381 e. The number of halogens is 1. The monoisotopic (exact) mass is 333 g/mol. The fraction of sp³-hybridized carbons (Fsp3) is 0.556. The maximum atomic E-state index is 6.35. The van der Waals surface area contributed by atoms with Gasteiger partial charge in [0.25, 0.3) is 0 Å². The van der Waals surface area contributed by atoms with Crippen molar-refractivity contribution in [1.82, 2.24) is 10.3 Å². The molecule has 0 saturated carbocycles. The lowest BCUT2D eigenvalue weighted by atomic mass is 9.95. The summed E-state index contributed by atoms with van der Waals surface area (Å²) >= 11 is 6.35. The molecular formula is C18H24ClN3O. The molecule has 1 aromatic carbocycles. The number of fused-ring (bicyclic) bond motifs is 1. The van der Waals surface area contributed by atoms with Gasteiger partial charge in [0.2, 0.25) is 0 Å². The molecule has 0 spiro atoms. The molecule has 2 aromatic rings. The summed E-state index contributed by atoms with van der Waals surface area (Å²) in [6.07, 6.45) is 4.50. The summed E-state index contributed by atoms with van der Waals surface area (Å²) in [6.45, 7) is 3.89. The van der Waals surface area contributed by atoms with Gasteiger partial charge in [-0.2, -0.15) is 0 Å². The Kier molecular flexibility index (Phi) is 4.47. The van der Waals surface area contributed by atoms with Crippen LogP contribution in [0.5, 0.6) is 0 Å². The van der Waals surface area contributed by atoms with Crippen molar-refractivity contribution in [3.05, 3.63) is 28.9 Å². The van der Waals surface area contributed by atoms with Crippen molar-refractivity contribution >= 4 is 28.2 Å². The van der Waals surface area contributed by atoms with Crippen LogP contribution in [-0.2, 0) is 4.74 Å². The van der Waals surface area contributed by atoms with Gasteiger partial charge in [-0.15, -0.1) is 0 Å². The first-order valence-corrected chi connectivity index (χ1v) is 9.04. The zero-order valence-corrected chi connectivity index (χ0v) is 14.1. The number of rotatable bonds is 3. The normalized spacial score (nSPS) is 20.9. The number of hydrogen-bond donors (Lipinski definition) is 3. The molecule has 0 bridgehead atoms. The second-order valence-corrected chi connectivity index (χ2v) is 7.13. The van der Waals surface area contributed by atoms with Gasteiger partial charge in [-0.25, -0.2) is 0 Å². The Labute approximate surface area is 141 Å². The van der Waals surface area contributed by atoms with Crippen molar-refractivity contribution in [2.24, 2.45) is 0 Å². The Hall–Kier alpha value is -1.23. The third-order valence-corrected chi connectivity index (χ3v) is 5.29. The van der Waals surface area contributed by atoms with Crippen LogP contribution in [0.2, 0.25) is 5.02 Å². The first-order valence-electron chi connectivity index (χ1n) is 8.67. The van der Waals surface area contributed by atoms with Gasteiger partial charge < -0.3 is 20.4 Å². The topological polar surface area (TPSA) is 49.1 Å². The standard InChI is InChI=1S/C18H24ClN3O/c19-14-9-13-10-16(12-1-5-20-6-2-12)22-18(13)17(11-14)21-15-3-7-23-8-4-15/h9-12,15,20-22H,1-8H2. The number of H-pyrrole nitrogens is 1. The summed E-state index contributed by atoms with van der Waals surface area (Å²) < 4.78 is 5.45. The average molecular weight is 334 g/mol. The number of aromatic amines is 1. The Morgan fingerprint density at radius 1 is 1.04 bits per heavy atom. The molecule has 3 N–H and O–H groups in total. The van der Waals surface area contributed by atoms with E-state index in [1.807, 2.05) is 6.07 Å². The van der Waals surface area contributed by atoms with Crippen molar-refractivity contribution in [1.29, 1.82) is 0 Å². The summed E-state index contributed by atoms with van der Waals surface area (Å²) in [5.41, 5.74) is 3.66. The van der Waals surface area contributed by atoms with Crippen molar-refractivity contribution in [2.75, 3.05) is 31.6 Å². The molecule has 0 unspecified atom stereocenters. The Morgan fingerprint density at radius 3 is 2.61 bits per heavy atom. The lowest BCUT2D eigenvalue weighted by Crippen LogP contribution is -2.28. The third kappa shape index (κ3) is 3.35. The highest BCUT2D eigenvalue weighted by molar-refractivity contribution is 6.31. The second-order valence-electron chi connectivity index (χ2n) is 6.70. The minimum atomic E-state index is 0.469. The van der Waals surface area contributed by atoms with Crippen LogP contribution in [0.1, 0.15) is 37.3 Å².